The topological polar surface area (TPSA) is 21.3 Å². The van der Waals surface area contributed by atoms with Crippen LogP contribution in [0.5, 0.6) is 0 Å². The van der Waals surface area contributed by atoms with Crippen molar-refractivity contribution in [3.8, 4) is 0 Å². The molecule has 58 valence electrons. The molecule has 2 nitrogen and oxygen atoms in total. The number of rotatable bonds is 2. The first-order valence-corrected chi connectivity index (χ1v) is 3.92. The summed E-state index contributed by atoms with van der Waals surface area (Å²) >= 11 is 0. The van der Waals surface area contributed by atoms with E-state index in [1.165, 1.54) is 19.4 Å². The highest BCUT2D eigenvalue weighted by atomic mass is 16.5. The molecule has 3 rings (SSSR count). The van der Waals surface area contributed by atoms with Gasteiger partial charge in [-0.3, -0.25) is 0 Å². The van der Waals surface area contributed by atoms with E-state index in [0.717, 1.165) is 6.61 Å². The molecular weight excluding hydrogens is 126 g/mol. The predicted molar refractivity (Wildman–Crippen MR) is 40.0 cm³/mol. The second-order valence-electron chi connectivity index (χ2n) is 4.23. The van der Waals surface area contributed by atoms with Crippen molar-refractivity contribution < 1.29 is 4.74 Å². The van der Waals surface area contributed by atoms with Crippen molar-refractivity contribution in [2.75, 3.05) is 20.3 Å². The largest absolute Gasteiger partial charge is 0.383 e. The predicted octanol–water partition coefficient (Wildman–Crippen LogP) is 0.775. The molecule has 0 amide bonds. The van der Waals surface area contributed by atoms with Gasteiger partial charge < -0.3 is 10.1 Å². The van der Waals surface area contributed by atoms with Gasteiger partial charge in [0.05, 0.1) is 6.61 Å². The minimum absolute atomic E-state index is 0.378. The van der Waals surface area contributed by atoms with E-state index in [2.05, 4.69) is 12.2 Å². The Morgan fingerprint density at radius 3 is 2.60 bits per heavy atom. The van der Waals surface area contributed by atoms with Crippen LogP contribution in [-0.4, -0.2) is 25.8 Å². The first-order valence-electron chi connectivity index (χ1n) is 3.92. The third kappa shape index (κ3) is 0.722. The van der Waals surface area contributed by atoms with Crippen LogP contribution in [0.1, 0.15) is 19.8 Å². The van der Waals surface area contributed by atoms with Gasteiger partial charge in [-0.15, -0.1) is 0 Å². The summed E-state index contributed by atoms with van der Waals surface area (Å²) in [5.74, 6) is 0. The Labute approximate surface area is 61.9 Å². The average Bonchev–Trinajstić information content (AvgIpc) is 2.21. The number of ether oxygens (including phenoxy) is 1. The molecule has 10 heavy (non-hydrogen) atoms. The Morgan fingerprint density at radius 1 is 1.50 bits per heavy atom. The maximum atomic E-state index is 5.15. The number of fused-ring (bicyclic) bond motifs is 1. The quantitative estimate of drug-likeness (QED) is 0.613. The molecule has 1 N–H and O–H groups in total. The minimum Gasteiger partial charge on any atom is -0.383 e. The van der Waals surface area contributed by atoms with Crippen molar-refractivity contribution in [2.45, 2.75) is 25.3 Å². The van der Waals surface area contributed by atoms with Crippen molar-refractivity contribution in [1.82, 2.24) is 5.32 Å². The highest BCUT2D eigenvalue weighted by Gasteiger charge is 2.57. The van der Waals surface area contributed by atoms with Crippen LogP contribution < -0.4 is 5.32 Å². The Kier molecular flexibility index (Phi) is 1.15. The fourth-order valence-corrected chi connectivity index (χ4v) is 2.66. The Hall–Kier alpha value is -0.0800. The van der Waals surface area contributed by atoms with E-state index in [4.69, 9.17) is 4.74 Å². The molecule has 0 aromatic heterocycles. The summed E-state index contributed by atoms with van der Waals surface area (Å²) in [5, 5.41) is 3.52. The lowest BCUT2D eigenvalue weighted by atomic mass is 9.64. The van der Waals surface area contributed by atoms with E-state index in [0.29, 0.717) is 11.0 Å². The van der Waals surface area contributed by atoms with Crippen LogP contribution in [0.25, 0.3) is 0 Å². The van der Waals surface area contributed by atoms with Gasteiger partial charge in [0.25, 0.3) is 0 Å². The molecule has 2 aliphatic heterocycles. The average molecular weight is 141 g/mol. The Balaban J connectivity index is 2.00. The summed E-state index contributed by atoms with van der Waals surface area (Å²) < 4.78 is 5.15. The third-order valence-electron chi connectivity index (χ3n) is 2.84. The monoisotopic (exact) mass is 141 g/mol. The molecule has 3 fully saturated rings. The summed E-state index contributed by atoms with van der Waals surface area (Å²) in [6.07, 6.45) is 2.63. The van der Waals surface area contributed by atoms with Crippen LogP contribution in [-0.2, 0) is 4.74 Å². The first-order chi connectivity index (χ1) is 4.68. The van der Waals surface area contributed by atoms with E-state index in [9.17, 15) is 0 Å². The summed E-state index contributed by atoms with van der Waals surface area (Å²) in [7, 11) is 1.78. The summed E-state index contributed by atoms with van der Waals surface area (Å²) in [4.78, 5) is 0. The molecule has 2 heteroatoms. The number of nitrogens with one attached hydrogen (secondary N) is 1. The van der Waals surface area contributed by atoms with Gasteiger partial charge in [-0.2, -0.15) is 0 Å². The fourth-order valence-electron chi connectivity index (χ4n) is 2.66. The Bertz CT molecular complexity index is 145. The van der Waals surface area contributed by atoms with Gasteiger partial charge in [-0.05, 0) is 18.3 Å². The SMILES string of the molecule is COCC12CC(C)(CN1)C2. The first kappa shape index (κ1) is 6.62. The van der Waals surface area contributed by atoms with Crippen LogP contribution >= 0.6 is 0 Å². The van der Waals surface area contributed by atoms with Gasteiger partial charge in [0, 0.05) is 19.2 Å². The molecule has 0 aromatic rings. The molecule has 2 bridgehead atoms. The van der Waals surface area contributed by atoms with Crippen molar-refractivity contribution in [1.29, 1.82) is 0 Å². The number of methoxy groups -OCH3 is 1. The van der Waals surface area contributed by atoms with Crippen molar-refractivity contribution in [2.24, 2.45) is 5.41 Å². The molecule has 2 saturated heterocycles. The minimum atomic E-state index is 0.378. The highest BCUT2D eigenvalue weighted by molar-refractivity contribution is 5.14. The second kappa shape index (κ2) is 1.74. The van der Waals surface area contributed by atoms with E-state index < -0.39 is 0 Å². The molecule has 0 aromatic carbocycles. The molecule has 0 spiro atoms. The van der Waals surface area contributed by atoms with Crippen LogP contribution in [0.15, 0.2) is 0 Å². The highest BCUT2D eigenvalue weighted by Crippen LogP contribution is 2.53. The zero-order valence-corrected chi connectivity index (χ0v) is 6.74. The second-order valence-corrected chi connectivity index (χ2v) is 4.23. The molecular formula is C8H15NO. The number of hydrogen-bond donors (Lipinski definition) is 1. The molecule has 0 radical (unpaired) electrons. The summed E-state index contributed by atoms with van der Waals surface area (Å²) in [5.41, 5.74) is 0.988. The summed E-state index contributed by atoms with van der Waals surface area (Å²) in [6.45, 7) is 4.43. The van der Waals surface area contributed by atoms with E-state index in [1.54, 1.807) is 7.11 Å². The molecule has 1 saturated carbocycles. The maximum absolute atomic E-state index is 5.15. The standard InChI is InChI=1S/C8H15NO/c1-7-3-8(4-7,6-10-2)9-5-7/h9H,3-6H2,1-2H3. The van der Waals surface area contributed by atoms with Gasteiger partial charge in [-0.25, -0.2) is 0 Å². The van der Waals surface area contributed by atoms with Crippen molar-refractivity contribution in [3.63, 3.8) is 0 Å². The van der Waals surface area contributed by atoms with Crippen LogP contribution in [0.4, 0.5) is 0 Å². The van der Waals surface area contributed by atoms with Crippen molar-refractivity contribution in [3.05, 3.63) is 0 Å². The lowest BCUT2D eigenvalue weighted by Gasteiger charge is -2.43. The lowest BCUT2D eigenvalue weighted by molar-refractivity contribution is 0.0419. The van der Waals surface area contributed by atoms with Gasteiger partial charge >= 0.3 is 0 Å². The number of hydrogen-bond acceptors (Lipinski definition) is 2. The van der Waals surface area contributed by atoms with Gasteiger partial charge in [0.2, 0.25) is 0 Å². The molecule has 3 aliphatic rings. The van der Waals surface area contributed by atoms with E-state index in [1.807, 2.05) is 0 Å². The van der Waals surface area contributed by atoms with E-state index >= 15 is 0 Å². The van der Waals surface area contributed by atoms with Gasteiger partial charge in [-0.1, -0.05) is 6.92 Å². The van der Waals surface area contributed by atoms with Gasteiger partial charge in [0.1, 0.15) is 0 Å². The molecule has 0 atom stereocenters. The lowest BCUT2D eigenvalue weighted by Crippen LogP contribution is -2.50. The van der Waals surface area contributed by atoms with Crippen LogP contribution in [0.3, 0.4) is 0 Å². The van der Waals surface area contributed by atoms with Crippen molar-refractivity contribution >= 4 is 0 Å². The zero-order valence-electron chi connectivity index (χ0n) is 6.74. The summed E-state index contributed by atoms with van der Waals surface area (Å²) in [6, 6.07) is 0. The van der Waals surface area contributed by atoms with Crippen LogP contribution in [0.2, 0.25) is 0 Å². The zero-order chi connectivity index (χ0) is 7.24. The fraction of sp³-hybridized carbons (Fsp3) is 1.00. The molecule has 2 heterocycles. The molecule has 1 aliphatic carbocycles. The van der Waals surface area contributed by atoms with Crippen LogP contribution in [0, 0.1) is 5.41 Å². The third-order valence-corrected chi connectivity index (χ3v) is 2.84. The molecule has 0 unspecified atom stereocenters. The smallest absolute Gasteiger partial charge is 0.0644 e. The van der Waals surface area contributed by atoms with Gasteiger partial charge in [0.15, 0.2) is 0 Å². The maximum Gasteiger partial charge on any atom is 0.0644 e. The van der Waals surface area contributed by atoms with E-state index in [-0.39, 0.29) is 0 Å². The Morgan fingerprint density at radius 2 is 2.20 bits per heavy atom. The normalized spacial score (nSPS) is 51.0.